The zero-order chi connectivity index (χ0) is 8.72. The molecule has 1 saturated carbocycles. The fraction of sp³-hybridized carbons (Fsp3) is 0.556. The van der Waals surface area contributed by atoms with Crippen LogP contribution in [0.15, 0.2) is 11.1 Å². The Balaban J connectivity index is 2.19. The zero-order valence-electron chi connectivity index (χ0n) is 7.02. The molecule has 2 amide bonds. The molecule has 1 N–H and O–H groups in total. The molecule has 2 fully saturated rings. The highest BCUT2D eigenvalue weighted by Gasteiger charge is 2.31. The number of carbonyl (C=O) groups excluding carboxylic acids is 2. The van der Waals surface area contributed by atoms with Gasteiger partial charge in [-0.2, -0.15) is 0 Å². The summed E-state index contributed by atoms with van der Waals surface area (Å²) in [6.07, 6.45) is 2.30. The standard InChI is InChI=1S/C9H11NO2/c1-5-2-6(3-5)7-4-8(11)10-9(7)12/h5H,2-4H2,1H3,(H,10,11,12). The summed E-state index contributed by atoms with van der Waals surface area (Å²) in [5.74, 6) is 0.375. The van der Waals surface area contributed by atoms with Crippen molar-refractivity contribution in [1.29, 1.82) is 0 Å². The number of imide groups is 1. The minimum absolute atomic E-state index is 0.151. The number of rotatable bonds is 0. The van der Waals surface area contributed by atoms with E-state index < -0.39 is 0 Å². The summed E-state index contributed by atoms with van der Waals surface area (Å²) in [6, 6.07) is 0. The first-order valence-electron chi connectivity index (χ1n) is 4.22. The number of hydrogen-bond acceptors (Lipinski definition) is 2. The number of nitrogens with one attached hydrogen (secondary N) is 1. The molecule has 1 saturated heterocycles. The predicted molar refractivity (Wildman–Crippen MR) is 43.2 cm³/mol. The molecule has 2 aliphatic rings. The highest BCUT2D eigenvalue weighted by Crippen LogP contribution is 2.36. The zero-order valence-corrected chi connectivity index (χ0v) is 7.02. The SMILES string of the molecule is CC1CC(=C2CC(=O)NC2=O)C1. The van der Waals surface area contributed by atoms with Gasteiger partial charge in [0, 0.05) is 5.57 Å². The molecule has 0 radical (unpaired) electrons. The molecule has 0 aromatic carbocycles. The normalized spacial score (nSPS) is 28.9. The largest absolute Gasteiger partial charge is 0.292 e. The summed E-state index contributed by atoms with van der Waals surface area (Å²) in [7, 11) is 0. The fourth-order valence-corrected chi connectivity index (χ4v) is 1.80. The monoisotopic (exact) mass is 165 g/mol. The second-order valence-corrected chi connectivity index (χ2v) is 3.65. The molecular weight excluding hydrogens is 154 g/mol. The highest BCUT2D eigenvalue weighted by molar-refractivity contribution is 6.13. The van der Waals surface area contributed by atoms with Crippen LogP contribution in [0.2, 0.25) is 0 Å². The lowest BCUT2D eigenvalue weighted by Gasteiger charge is -2.26. The topological polar surface area (TPSA) is 46.2 Å². The van der Waals surface area contributed by atoms with Crippen molar-refractivity contribution in [3.8, 4) is 0 Å². The summed E-state index contributed by atoms with van der Waals surface area (Å²) >= 11 is 0. The molecule has 0 atom stereocenters. The van der Waals surface area contributed by atoms with Gasteiger partial charge in [0.25, 0.3) is 5.91 Å². The number of hydrogen-bond donors (Lipinski definition) is 1. The van der Waals surface area contributed by atoms with Gasteiger partial charge in [0.2, 0.25) is 5.91 Å². The van der Waals surface area contributed by atoms with Crippen LogP contribution in [0, 0.1) is 5.92 Å². The number of carbonyl (C=O) groups is 2. The van der Waals surface area contributed by atoms with Crippen molar-refractivity contribution >= 4 is 11.8 Å². The summed E-state index contributed by atoms with van der Waals surface area (Å²) in [5.41, 5.74) is 1.92. The molecule has 0 aromatic rings. The predicted octanol–water partition coefficient (Wildman–Crippen LogP) is 0.759. The molecule has 0 bridgehead atoms. The Morgan fingerprint density at radius 3 is 2.42 bits per heavy atom. The van der Waals surface area contributed by atoms with Gasteiger partial charge in [0.05, 0.1) is 6.42 Å². The Hall–Kier alpha value is -1.12. The van der Waals surface area contributed by atoms with Crippen LogP contribution < -0.4 is 5.32 Å². The third-order valence-electron chi connectivity index (χ3n) is 2.48. The average Bonchev–Trinajstić information content (AvgIpc) is 2.23. The first-order valence-corrected chi connectivity index (χ1v) is 4.22. The molecule has 0 aromatic heterocycles. The van der Waals surface area contributed by atoms with E-state index in [0.29, 0.717) is 12.3 Å². The van der Waals surface area contributed by atoms with Crippen molar-refractivity contribution in [2.75, 3.05) is 0 Å². The third kappa shape index (κ3) is 1.05. The summed E-state index contributed by atoms with van der Waals surface area (Å²) < 4.78 is 0. The minimum atomic E-state index is -0.165. The highest BCUT2D eigenvalue weighted by atomic mass is 16.2. The van der Waals surface area contributed by atoms with Crippen LogP contribution >= 0.6 is 0 Å². The number of allylic oxidation sites excluding steroid dienone is 1. The summed E-state index contributed by atoms with van der Waals surface area (Å²) in [5, 5.41) is 2.30. The maximum atomic E-state index is 11.1. The van der Waals surface area contributed by atoms with E-state index in [-0.39, 0.29) is 11.8 Å². The molecule has 1 aliphatic carbocycles. The molecule has 3 heteroatoms. The van der Waals surface area contributed by atoms with Gasteiger partial charge in [-0.1, -0.05) is 12.5 Å². The second kappa shape index (κ2) is 2.44. The van der Waals surface area contributed by atoms with Crippen LogP contribution in [0.3, 0.4) is 0 Å². The minimum Gasteiger partial charge on any atom is -0.292 e. The smallest absolute Gasteiger partial charge is 0.254 e. The van der Waals surface area contributed by atoms with Crippen molar-refractivity contribution in [1.82, 2.24) is 5.32 Å². The van der Waals surface area contributed by atoms with Gasteiger partial charge in [-0.15, -0.1) is 0 Å². The first kappa shape index (κ1) is 7.53. The second-order valence-electron chi connectivity index (χ2n) is 3.65. The van der Waals surface area contributed by atoms with Crippen molar-refractivity contribution < 1.29 is 9.59 Å². The molecule has 2 rings (SSSR count). The Morgan fingerprint density at radius 2 is 2.00 bits per heavy atom. The molecule has 64 valence electrons. The van der Waals surface area contributed by atoms with E-state index in [2.05, 4.69) is 12.2 Å². The van der Waals surface area contributed by atoms with Crippen molar-refractivity contribution in [3.63, 3.8) is 0 Å². The van der Waals surface area contributed by atoms with E-state index >= 15 is 0 Å². The van der Waals surface area contributed by atoms with Crippen LogP contribution in [0.25, 0.3) is 0 Å². The van der Waals surface area contributed by atoms with Crippen LogP contribution in [-0.2, 0) is 9.59 Å². The van der Waals surface area contributed by atoms with Crippen LogP contribution in [-0.4, -0.2) is 11.8 Å². The average molecular weight is 165 g/mol. The van der Waals surface area contributed by atoms with E-state index in [1.54, 1.807) is 0 Å². The molecule has 1 aliphatic heterocycles. The lowest BCUT2D eigenvalue weighted by Crippen LogP contribution is -2.21. The van der Waals surface area contributed by atoms with Gasteiger partial charge >= 0.3 is 0 Å². The lowest BCUT2D eigenvalue weighted by molar-refractivity contribution is -0.124. The van der Waals surface area contributed by atoms with E-state index in [1.165, 1.54) is 5.57 Å². The summed E-state index contributed by atoms with van der Waals surface area (Å²) in [6.45, 7) is 2.15. The molecule has 3 nitrogen and oxygen atoms in total. The summed E-state index contributed by atoms with van der Waals surface area (Å²) in [4.78, 5) is 22.0. The maximum absolute atomic E-state index is 11.1. The Labute approximate surface area is 70.8 Å². The molecule has 0 spiro atoms. The van der Waals surface area contributed by atoms with Gasteiger partial charge in [0.15, 0.2) is 0 Å². The van der Waals surface area contributed by atoms with E-state index in [1.807, 2.05) is 0 Å². The molecule has 12 heavy (non-hydrogen) atoms. The maximum Gasteiger partial charge on any atom is 0.254 e. The first-order chi connectivity index (χ1) is 5.66. The van der Waals surface area contributed by atoms with E-state index in [9.17, 15) is 9.59 Å². The van der Waals surface area contributed by atoms with Crippen LogP contribution in [0.4, 0.5) is 0 Å². The van der Waals surface area contributed by atoms with Crippen molar-refractivity contribution in [2.24, 2.45) is 5.92 Å². The lowest BCUT2D eigenvalue weighted by atomic mass is 9.78. The Morgan fingerprint density at radius 1 is 1.33 bits per heavy atom. The fourth-order valence-electron chi connectivity index (χ4n) is 1.80. The number of amides is 2. The van der Waals surface area contributed by atoms with Gasteiger partial charge < -0.3 is 0 Å². The quantitative estimate of drug-likeness (QED) is 0.425. The molecular formula is C9H11NO2. The van der Waals surface area contributed by atoms with Gasteiger partial charge in [-0.3, -0.25) is 14.9 Å². The van der Waals surface area contributed by atoms with Gasteiger partial charge in [0.1, 0.15) is 0 Å². The Bertz CT molecular complexity index is 283. The Kier molecular flexibility index (Phi) is 1.53. The third-order valence-corrected chi connectivity index (χ3v) is 2.48. The van der Waals surface area contributed by atoms with Crippen LogP contribution in [0.5, 0.6) is 0 Å². The van der Waals surface area contributed by atoms with Crippen LogP contribution in [0.1, 0.15) is 26.2 Å². The van der Waals surface area contributed by atoms with Crippen molar-refractivity contribution in [2.45, 2.75) is 26.2 Å². The van der Waals surface area contributed by atoms with E-state index in [4.69, 9.17) is 0 Å². The van der Waals surface area contributed by atoms with Crippen molar-refractivity contribution in [3.05, 3.63) is 11.1 Å². The molecule has 1 heterocycles. The molecule has 0 unspecified atom stereocenters. The van der Waals surface area contributed by atoms with E-state index in [0.717, 1.165) is 18.4 Å². The van der Waals surface area contributed by atoms with Gasteiger partial charge in [-0.25, -0.2) is 0 Å². The van der Waals surface area contributed by atoms with Gasteiger partial charge in [-0.05, 0) is 18.8 Å².